The number of benzene rings is 1. The standard InChI is InChI=1S/C17H21NO4S2/c1-13(20)14-2-4-17(5-3-14)24(21,22)18-9-6-15(7-10-19)16-8-11-23-12-16/h2-5,8,11-12,15,18-19H,6-7,9-10H2,1H3/t15-/m0/s1. The quantitative estimate of drug-likeness (QED) is 0.668. The van der Waals surface area contributed by atoms with Crippen LogP contribution in [0.2, 0.25) is 0 Å². The number of rotatable bonds is 9. The summed E-state index contributed by atoms with van der Waals surface area (Å²) in [5, 5.41) is 13.2. The molecule has 2 aromatic rings. The van der Waals surface area contributed by atoms with Gasteiger partial charge in [0.15, 0.2) is 5.78 Å². The summed E-state index contributed by atoms with van der Waals surface area (Å²) in [6.45, 7) is 1.80. The van der Waals surface area contributed by atoms with E-state index in [0.29, 0.717) is 18.4 Å². The average molecular weight is 367 g/mol. The molecule has 0 aliphatic carbocycles. The summed E-state index contributed by atoms with van der Waals surface area (Å²) in [6.07, 6.45) is 1.22. The third kappa shape index (κ3) is 4.98. The molecule has 1 heterocycles. The smallest absolute Gasteiger partial charge is 0.240 e. The Bertz CT molecular complexity index is 752. The first-order valence-corrected chi connectivity index (χ1v) is 10.1. The van der Waals surface area contributed by atoms with E-state index in [1.165, 1.54) is 31.2 Å². The van der Waals surface area contributed by atoms with Crippen LogP contribution < -0.4 is 4.72 Å². The van der Waals surface area contributed by atoms with Crippen molar-refractivity contribution in [3.8, 4) is 0 Å². The van der Waals surface area contributed by atoms with E-state index in [1.807, 2.05) is 16.8 Å². The third-order valence-electron chi connectivity index (χ3n) is 3.85. The van der Waals surface area contributed by atoms with Crippen molar-refractivity contribution in [3.63, 3.8) is 0 Å². The topological polar surface area (TPSA) is 83.5 Å². The Kier molecular flexibility index (Phi) is 6.68. The summed E-state index contributed by atoms with van der Waals surface area (Å²) in [7, 11) is -3.60. The minimum absolute atomic E-state index is 0.0692. The monoisotopic (exact) mass is 367 g/mol. The molecule has 0 saturated carbocycles. The van der Waals surface area contributed by atoms with Crippen molar-refractivity contribution in [2.24, 2.45) is 0 Å². The molecule has 1 aromatic heterocycles. The highest BCUT2D eigenvalue weighted by atomic mass is 32.2. The number of sulfonamides is 1. The average Bonchev–Trinajstić information content (AvgIpc) is 3.08. The zero-order valence-corrected chi connectivity index (χ0v) is 15.1. The second-order valence-corrected chi connectivity index (χ2v) is 8.08. The van der Waals surface area contributed by atoms with Crippen LogP contribution in [0.1, 0.15) is 41.6 Å². The zero-order chi connectivity index (χ0) is 17.6. The fraction of sp³-hybridized carbons (Fsp3) is 0.353. The van der Waals surface area contributed by atoms with Gasteiger partial charge in [-0.25, -0.2) is 13.1 Å². The number of hydrogen-bond donors (Lipinski definition) is 2. The maximum atomic E-state index is 12.3. The predicted octanol–water partition coefficient (Wildman–Crippen LogP) is 2.79. The van der Waals surface area contributed by atoms with Crippen LogP contribution in [0.25, 0.3) is 0 Å². The fourth-order valence-electron chi connectivity index (χ4n) is 2.46. The van der Waals surface area contributed by atoms with Gasteiger partial charge in [-0.15, -0.1) is 0 Å². The van der Waals surface area contributed by atoms with Gasteiger partial charge >= 0.3 is 0 Å². The number of carbonyl (C=O) groups excluding carboxylic acids is 1. The van der Waals surface area contributed by atoms with E-state index in [4.69, 9.17) is 0 Å². The molecule has 2 rings (SSSR count). The van der Waals surface area contributed by atoms with Gasteiger partial charge in [0.05, 0.1) is 4.90 Å². The van der Waals surface area contributed by atoms with Crippen LogP contribution in [0.4, 0.5) is 0 Å². The second-order valence-electron chi connectivity index (χ2n) is 5.53. The maximum Gasteiger partial charge on any atom is 0.240 e. The molecule has 130 valence electrons. The van der Waals surface area contributed by atoms with E-state index in [-0.39, 0.29) is 29.7 Å². The van der Waals surface area contributed by atoms with Crippen molar-refractivity contribution in [1.82, 2.24) is 4.72 Å². The van der Waals surface area contributed by atoms with Crippen molar-refractivity contribution in [1.29, 1.82) is 0 Å². The van der Waals surface area contributed by atoms with Crippen molar-refractivity contribution >= 4 is 27.1 Å². The molecule has 0 bridgehead atoms. The molecule has 5 nitrogen and oxygen atoms in total. The molecule has 0 aliphatic rings. The Morgan fingerprint density at radius 2 is 1.92 bits per heavy atom. The minimum Gasteiger partial charge on any atom is -0.396 e. The first-order chi connectivity index (χ1) is 11.4. The normalized spacial score (nSPS) is 12.9. The molecule has 1 atom stereocenters. The van der Waals surface area contributed by atoms with Gasteiger partial charge in [0.1, 0.15) is 0 Å². The van der Waals surface area contributed by atoms with Gasteiger partial charge in [0.25, 0.3) is 0 Å². The van der Waals surface area contributed by atoms with E-state index in [1.54, 1.807) is 11.3 Å². The molecular formula is C17H21NO4S2. The van der Waals surface area contributed by atoms with Crippen LogP contribution in [0.5, 0.6) is 0 Å². The van der Waals surface area contributed by atoms with Gasteiger partial charge < -0.3 is 5.11 Å². The zero-order valence-electron chi connectivity index (χ0n) is 13.4. The summed E-state index contributed by atoms with van der Waals surface area (Å²) >= 11 is 1.59. The Morgan fingerprint density at radius 3 is 2.46 bits per heavy atom. The van der Waals surface area contributed by atoms with E-state index < -0.39 is 10.0 Å². The number of aliphatic hydroxyl groups excluding tert-OH is 1. The minimum atomic E-state index is -3.60. The summed E-state index contributed by atoms with van der Waals surface area (Å²) in [4.78, 5) is 11.4. The number of nitrogens with one attached hydrogen (secondary N) is 1. The van der Waals surface area contributed by atoms with Crippen molar-refractivity contribution in [3.05, 3.63) is 52.2 Å². The van der Waals surface area contributed by atoms with Crippen LogP contribution in [-0.4, -0.2) is 32.5 Å². The van der Waals surface area contributed by atoms with Gasteiger partial charge in [-0.2, -0.15) is 11.3 Å². The maximum absolute atomic E-state index is 12.3. The predicted molar refractivity (Wildman–Crippen MR) is 95.0 cm³/mol. The molecule has 1 aromatic carbocycles. The van der Waals surface area contributed by atoms with Crippen LogP contribution in [0, 0.1) is 0 Å². The molecule has 7 heteroatoms. The molecule has 0 saturated heterocycles. The van der Waals surface area contributed by atoms with Crippen molar-refractivity contribution in [2.45, 2.75) is 30.6 Å². The van der Waals surface area contributed by atoms with E-state index in [2.05, 4.69) is 4.72 Å². The van der Waals surface area contributed by atoms with Crippen LogP contribution in [0.3, 0.4) is 0 Å². The molecule has 2 N–H and O–H groups in total. The lowest BCUT2D eigenvalue weighted by atomic mass is 9.95. The number of Topliss-reactive ketones (excluding diaryl/α,β-unsaturated/α-hetero) is 1. The SMILES string of the molecule is CC(=O)c1ccc(S(=O)(=O)NCC[C@@H](CCO)c2ccsc2)cc1. The number of aliphatic hydroxyl groups is 1. The van der Waals surface area contributed by atoms with Crippen LogP contribution in [-0.2, 0) is 10.0 Å². The largest absolute Gasteiger partial charge is 0.396 e. The highest BCUT2D eigenvalue weighted by Gasteiger charge is 2.16. The molecular weight excluding hydrogens is 346 g/mol. The Morgan fingerprint density at radius 1 is 1.21 bits per heavy atom. The number of thiophene rings is 1. The van der Waals surface area contributed by atoms with Gasteiger partial charge in [0.2, 0.25) is 10.0 Å². The fourth-order valence-corrected chi connectivity index (χ4v) is 4.25. The number of hydrogen-bond acceptors (Lipinski definition) is 5. The van der Waals surface area contributed by atoms with E-state index in [0.717, 1.165) is 5.56 Å². The summed E-state index contributed by atoms with van der Waals surface area (Å²) < 4.78 is 27.2. The first-order valence-electron chi connectivity index (χ1n) is 7.67. The summed E-state index contributed by atoms with van der Waals surface area (Å²) in [5.74, 6) is 0.0264. The molecule has 0 fully saturated rings. The lowest BCUT2D eigenvalue weighted by Gasteiger charge is -2.15. The first kappa shape index (κ1) is 18.8. The number of carbonyl (C=O) groups is 1. The van der Waals surface area contributed by atoms with Gasteiger partial charge in [0, 0.05) is 18.7 Å². The second kappa shape index (κ2) is 8.53. The highest BCUT2D eigenvalue weighted by Crippen LogP contribution is 2.25. The van der Waals surface area contributed by atoms with Gasteiger partial charge in [-0.05, 0) is 60.2 Å². The van der Waals surface area contributed by atoms with E-state index >= 15 is 0 Å². The lowest BCUT2D eigenvalue weighted by Crippen LogP contribution is -2.26. The molecule has 0 unspecified atom stereocenters. The Labute approximate surface area is 146 Å². The summed E-state index contributed by atoms with van der Waals surface area (Å²) in [6, 6.07) is 7.89. The van der Waals surface area contributed by atoms with Crippen molar-refractivity contribution in [2.75, 3.05) is 13.2 Å². The Balaban J connectivity index is 1.97. The van der Waals surface area contributed by atoms with Crippen LogP contribution >= 0.6 is 11.3 Å². The van der Waals surface area contributed by atoms with Crippen LogP contribution in [0.15, 0.2) is 46.0 Å². The Hall–Kier alpha value is -1.54. The van der Waals surface area contributed by atoms with Crippen molar-refractivity contribution < 1.29 is 18.3 Å². The number of ketones is 1. The molecule has 0 spiro atoms. The molecule has 0 aliphatic heterocycles. The summed E-state index contributed by atoms with van der Waals surface area (Å²) in [5.41, 5.74) is 1.61. The molecule has 0 amide bonds. The van der Waals surface area contributed by atoms with E-state index in [9.17, 15) is 18.3 Å². The lowest BCUT2D eigenvalue weighted by molar-refractivity contribution is 0.101. The molecule has 0 radical (unpaired) electrons. The van der Waals surface area contributed by atoms with Gasteiger partial charge in [-0.1, -0.05) is 12.1 Å². The molecule has 24 heavy (non-hydrogen) atoms. The third-order valence-corrected chi connectivity index (χ3v) is 6.03. The van der Waals surface area contributed by atoms with Gasteiger partial charge in [-0.3, -0.25) is 4.79 Å². The highest BCUT2D eigenvalue weighted by molar-refractivity contribution is 7.89.